The monoisotopic (exact) mass is 257 g/mol. The number of benzene rings is 1. The van der Waals surface area contributed by atoms with Crippen molar-refractivity contribution < 1.29 is 4.74 Å². The molecular weight excluding hydrogens is 238 g/mol. The molecule has 0 unspecified atom stereocenters. The SMILES string of the molecule is C=CCn1ccnc1NCCCOc1ccccc1. The highest BCUT2D eigenvalue weighted by Gasteiger charge is 1.99. The molecule has 0 aliphatic heterocycles. The molecule has 100 valence electrons. The summed E-state index contributed by atoms with van der Waals surface area (Å²) in [6.45, 7) is 6.02. The van der Waals surface area contributed by atoms with Gasteiger partial charge in [-0.15, -0.1) is 6.58 Å². The molecule has 2 rings (SSSR count). The number of para-hydroxylation sites is 1. The first-order valence-electron chi connectivity index (χ1n) is 6.44. The van der Waals surface area contributed by atoms with Gasteiger partial charge in [0.05, 0.1) is 6.61 Å². The average Bonchev–Trinajstić information content (AvgIpc) is 2.88. The standard InChI is InChI=1S/C15H19N3O/c1-2-11-18-12-10-17-15(18)16-9-6-13-19-14-7-4-3-5-8-14/h2-5,7-8,10,12H,1,6,9,11,13H2,(H,16,17). The molecule has 0 spiro atoms. The molecule has 0 amide bonds. The van der Waals surface area contributed by atoms with Crippen LogP contribution in [0.5, 0.6) is 5.75 Å². The molecule has 0 aliphatic carbocycles. The summed E-state index contributed by atoms with van der Waals surface area (Å²) >= 11 is 0. The van der Waals surface area contributed by atoms with Gasteiger partial charge in [-0.05, 0) is 18.6 Å². The van der Waals surface area contributed by atoms with Gasteiger partial charge in [0.2, 0.25) is 5.95 Å². The molecule has 0 saturated heterocycles. The lowest BCUT2D eigenvalue weighted by Gasteiger charge is -2.09. The van der Waals surface area contributed by atoms with Gasteiger partial charge in [0, 0.05) is 25.5 Å². The summed E-state index contributed by atoms with van der Waals surface area (Å²) in [7, 11) is 0. The molecule has 4 heteroatoms. The van der Waals surface area contributed by atoms with Crippen molar-refractivity contribution in [1.29, 1.82) is 0 Å². The van der Waals surface area contributed by atoms with E-state index in [1.807, 2.05) is 47.2 Å². The van der Waals surface area contributed by atoms with Crippen LogP contribution < -0.4 is 10.1 Å². The topological polar surface area (TPSA) is 39.1 Å². The van der Waals surface area contributed by atoms with Crippen LogP contribution in [0.4, 0.5) is 5.95 Å². The molecule has 0 atom stereocenters. The molecule has 1 aromatic carbocycles. The Morgan fingerprint density at radius 2 is 2.16 bits per heavy atom. The Labute approximate surface area is 113 Å². The maximum absolute atomic E-state index is 5.62. The zero-order valence-electron chi connectivity index (χ0n) is 11.0. The second-order valence-corrected chi connectivity index (χ2v) is 4.13. The molecule has 4 nitrogen and oxygen atoms in total. The Bertz CT molecular complexity index is 493. The highest BCUT2D eigenvalue weighted by atomic mass is 16.5. The lowest BCUT2D eigenvalue weighted by Crippen LogP contribution is -2.11. The first-order valence-corrected chi connectivity index (χ1v) is 6.44. The largest absolute Gasteiger partial charge is 0.494 e. The van der Waals surface area contributed by atoms with Crippen molar-refractivity contribution in [3.63, 3.8) is 0 Å². The highest BCUT2D eigenvalue weighted by Crippen LogP contribution is 2.08. The summed E-state index contributed by atoms with van der Waals surface area (Å²) in [6.07, 6.45) is 6.50. The van der Waals surface area contributed by atoms with E-state index in [0.717, 1.165) is 31.2 Å². The van der Waals surface area contributed by atoms with Crippen molar-refractivity contribution in [2.24, 2.45) is 0 Å². The van der Waals surface area contributed by atoms with Crippen molar-refractivity contribution in [3.8, 4) is 5.75 Å². The summed E-state index contributed by atoms with van der Waals surface area (Å²) < 4.78 is 7.64. The fraction of sp³-hybridized carbons (Fsp3) is 0.267. The van der Waals surface area contributed by atoms with Crippen LogP contribution in [0.25, 0.3) is 0 Å². The van der Waals surface area contributed by atoms with Crippen LogP contribution in [-0.4, -0.2) is 22.7 Å². The van der Waals surface area contributed by atoms with Gasteiger partial charge in [0.1, 0.15) is 5.75 Å². The maximum Gasteiger partial charge on any atom is 0.203 e. The second kappa shape index (κ2) is 7.26. The van der Waals surface area contributed by atoms with Gasteiger partial charge in [-0.3, -0.25) is 0 Å². The van der Waals surface area contributed by atoms with Gasteiger partial charge in [-0.1, -0.05) is 24.3 Å². The lowest BCUT2D eigenvalue weighted by molar-refractivity contribution is 0.315. The zero-order valence-corrected chi connectivity index (χ0v) is 11.0. The van der Waals surface area contributed by atoms with E-state index in [1.54, 1.807) is 6.20 Å². The Kier molecular flexibility index (Phi) is 5.05. The highest BCUT2D eigenvalue weighted by molar-refractivity contribution is 5.26. The first-order chi connectivity index (χ1) is 9.40. The van der Waals surface area contributed by atoms with Crippen molar-refractivity contribution in [2.45, 2.75) is 13.0 Å². The molecule has 0 aliphatic rings. The number of rotatable bonds is 8. The molecule has 0 fully saturated rings. The molecular formula is C15H19N3O. The molecule has 1 heterocycles. The van der Waals surface area contributed by atoms with Gasteiger partial charge in [-0.2, -0.15) is 0 Å². The van der Waals surface area contributed by atoms with Crippen molar-refractivity contribution >= 4 is 5.95 Å². The Hall–Kier alpha value is -2.23. The summed E-state index contributed by atoms with van der Waals surface area (Å²) in [4.78, 5) is 4.25. The van der Waals surface area contributed by atoms with Crippen LogP contribution >= 0.6 is 0 Å². The fourth-order valence-electron chi connectivity index (χ4n) is 1.74. The fourth-order valence-corrected chi connectivity index (χ4v) is 1.74. The van der Waals surface area contributed by atoms with Crippen LogP contribution in [0.3, 0.4) is 0 Å². The molecule has 2 aromatic rings. The number of aromatic nitrogens is 2. The molecule has 0 saturated carbocycles. The molecule has 19 heavy (non-hydrogen) atoms. The van der Waals surface area contributed by atoms with Gasteiger partial charge in [0.15, 0.2) is 0 Å². The summed E-state index contributed by atoms with van der Waals surface area (Å²) in [5, 5.41) is 3.29. The maximum atomic E-state index is 5.62. The predicted octanol–water partition coefficient (Wildman–Crippen LogP) is 2.95. The third-order valence-electron chi connectivity index (χ3n) is 2.66. The minimum atomic E-state index is 0.694. The summed E-state index contributed by atoms with van der Waals surface area (Å²) in [6, 6.07) is 9.85. The van der Waals surface area contributed by atoms with Crippen LogP contribution in [0.2, 0.25) is 0 Å². The van der Waals surface area contributed by atoms with Crippen LogP contribution in [0.1, 0.15) is 6.42 Å². The molecule has 1 aromatic heterocycles. The minimum absolute atomic E-state index is 0.694. The van der Waals surface area contributed by atoms with E-state index in [4.69, 9.17) is 4.74 Å². The smallest absolute Gasteiger partial charge is 0.203 e. The van der Waals surface area contributed by atoms with Gasteiger partial charge >= 0.3 is 0 Å². The normalized spacial score (nSPS) is 10.1. The molecule has 1 N–H and O–H groups in total. The Balaban J connectivity index is 1.66. The molecule has 0 bridgehead atoms. The molecule has 0 radical (unpaired) electrons. The van der Waals surface area contributed by atoms with Crippen LogP contribution in [-0.2, 0) is 6.54 Å². The number of allylic oxidation sites excluding steroid dienone is 1. The summed E-state index contributed by atoms with van der Waals surface area (Å²) in [5.41, 5.74) is 0. The quantitative estimate of drug-likeness (QED) is 0.583. The van der Waals surface area contributed by atoms with Gasteiger partial charge in [0.25, 0.3) is 0 Å². The van der Waals surface area contributed by atoms with Crippen molar-refractivity contribution in [2.75, 3.05) is 18.5 Å². The van der Waals surface area contributed by atoms with Crippen molar-refractivity contribution in [3.05, 3.63) is 55.4 Å². The third kappa shape index (κ3) is 4.17. The second-order valence-electron chi connectivity index (χ2n) is 4.13. The van der Waals surface area contributed by atoms with E-state index < -0.39 is 0 Å². The van der Waals surface area contributed by atoms with E-state index in [2.05, 4.69) is 16.9 Å². The first kappa shape index (κ1) is 13.2. The van der Waals surface area contributed by atoms with Gasteiger partial charge in [-0.25, -0.2) is 4.98 Å². The van der Waals surface area contributed by atoms with Crippen LogP contribution in [0, 0.1) is 0 Å². The van der Waals surface area contributed by atoms with Crippen LogP contribution in [0.15, 0.2) is 55.4 Å². The summed E-state index contributed by atoms with van der Waals surface area (Å²) in [5.74, 6) is 1.79. The number of nitrogens with zero attached hydrogens (tertiary/aromatic N) is 2. The average molecular weight is 257 g/mol. The Morgan fingerprint density at radius 3 is 2.95 bits per heavy atom. The van der Waals surface area contributed by atoms with Crippen molar-refractivity contribution in [1.82, 2.24) is 9.55 Å². The van der Waals surface area contributed by atoms with Gasteiger partial charge < -0.3 is 14.6 Å². The van der Waals surface area contributed by atoms with E-state index in [9.17, 15) is 0 Å². The van der Waals surface area contributed by atoms with E-state index in [-0.39, 0.29) is 0 Å². The van der Waals surface area contributed by atoms with E-state index >= 15 is 0 Å². The number of hydrogen-bond acceptors (Lipinski definition) is 3. The predicted molar refractivity (Wildman–Crippen MR) is 77.5 cm³/mol. The third-order valence-corrected chi connectivity index (χ3v) is 2.66. The number of anilines is 1. The lowest BCUT2D eigenvalue weighted by atomic mass is 10.3. The number of ether oxygens (including phenoxy) is 1. The Morgan fingerprint density at radius 1 is 1.32 bits per heavy atom. The number of imidazole rings is 1. The number of nitrogens with one attached hydrogen (secondary N) is 1. The number of hydrogen-bond donors (Lipinski definition) is 1. The van der Waals surface area contributed by atoms with E-state index in [0.29, 0.717) is 6.61 Å². The van der Waals surface area contributed by atoms with E-state index in [1.165, 1.54) is 0 Å². The zero-order chi connectivity index (χ0) is 13.3. The minimum Gasteiger partial charge on any atom is -0.494 e.